The third-order valence-electron chi connectivity index (χ3n) is 5.03. The second kappa shape index (κ2) is 7.84. The lowest BCUT2D eigenvalue weighted by Crippen LogP contribution is -2.33. The van der Waals surface area contributed by atoms with Crippen molar-refractivity contribution >= 4 is 17.1 Å². The minimum atomic E-state index is -0.115. The second-order valence-electron chi connectivity index (χ2n) is 7.15. The summed E-state index contributed by atoms with van der Waals surface area (Å²) in [6.07, 6.45) is 5.41. The van der Waals surface area contributed by atoms with E-state index in [9.17, 15) is 4.79 Å². The lowest BCUT2D eigenvalue weighted by Gasteiger charge is -2.26. The van der Waals surface area contributed by atoms with E-state index >= 15 is 0 Å². The molecule has 0 aliphatic carbocycles. The van der Waals surface area contributed by atoms with Crippen molar-refractivity contribution in [2.45, 2.75) is 32.7 Å². The van der Waals surface area contributed by atoms with E-state index in [2.05, 4.69) is 16.9 Å². The van der Waals surface area contributed by atoms with Gasteiger partial charge < -0.3 is 0 Å². The van der Waals surface area contributed by atoms with Crippen LogP contribution in [0.2, 0.25) is 0 Å². The van der Waals surface area contributed by atoms with Crippen molar-refractivity contribution in [3.8, 4) is 0 Å². The molecule has 0 atom stereocenters. The highest BCUT2D eigenvalue weighted by molar-refractivity contribution is 5.80. The number of aryl methyl sites for hydroxylation is 1. The zero-order chi connectivity index (χ0) is 18.6. The second-order valence-corrected chi connectivity index (χ2v) is 7.15. The molecule has 1 aromatic heterocycles. The maximum absolute atomic E-state index is 13.1. The molecule has 5 heteroatoms. The van der Waals surface area contributed by atoms with Crippen LogP contribution in [0.15, 0.2) is 58.4 Å². The van der Waals surface area contributed by atoms with Crippen LogP contribution in [0.3, 0.4) is 0 Å². The maximum atomic E-state index is 13.1. The van der Waals surface area contributed by atoms with E-state index in [4.69, 9.17) is 4.98 Å². The highest BCUT2D eigenvalue weighted by Gasteiger charge is 2.16. The lowest BCUT2D eigenvalue weighted by atomic mass is 10.1. The third kappa shape index (κ3) is 3.98. The number of aromatic nitrogens is 2. The molecule has 138 valence electrons. The predicted molar refractivity (Wildman–Crippen MR) is 109 cm³/mol. The first-order chi connectivity index (χ1) is 13.2. The summed E-state index contributed by atoms with van der Waals surface area (Å²) in [4.78, 5) is 20.2. The summed E-state index contributed by atoms with van der Waals surface area (Å²) in [5.74, 6) is 0.698. The molecule has 27 heavy (non-hydrogen) atoms. The Morgan fingerprint density at radius 3 is 2.56 bits per heavy atom. The molecular weight excluding hydrogens is 336 g/mol. The summed E-state index contributed by atoms with van der Waals surface area (Å²) in [5.41, 5.74) is 2.78. The van der Waals surface area contributed by atoms with Crippen molar-refractivity contribution in [3.05, 3.63) is 75.8 Å². The Labute approximate surface area is 159 Å². The van der Waals surface area contributed by atoms with Crippen LogP contribution >= 0.6 is 0 Å². The van der Waals surface area contributed by atoms with Gasteiger partial charge in [-0.2, -0.15) is 9.78 Å². The molecule has 1 aliphatic heterocycles. The highest BCUT2D eigenvalue weighted by atomic mass is 16.1. The van der Waals surface area contributed by atoms with E-state index in [1.165, 1.54) is 29.5 Å². The van der Waals surface area contributed by atoms with Gasteiger partial charge in [-0.25, -0.2) is 4.98 Å². The molecule has 1 saturated heterocycles. The summed E-state index contributed by atoms with van der Waals surface area (Å²) < 4.78 is 1.47. The Morgan fingerprint density at radius 2 is 1.78 bits per heavy atom. The van der Waals surface area contributed by atoms with E-state index in [1.54, 1.807) is 6.21 Å². The first-order valence-corrected chi connectivity index (χ1v) is 9.55. The topological polar surface area (TPSA) is 50.5 Å². The molecule has 0 unspecified atom stereocenters. The number of fused-ring (bicyclic) bond motifs is 1. The molecule has 2 heterocycles. The van der Waals surface area contributed by atoms with Crippen LogP contribution in [-0.4, -0.2) is 33.9 Å². The van der Waals surface area contributed by atoms with Crippen molar-refractivity contribution in [1.29, 1.82) is 0 Å². The van der Waals surface area contributed by atoms with Gasteiger partial charge in [0.1, 0.15) is 5.82 Å². The Hall–Kier alpha value is -2.79. The fourth-order valence-corrected chi connectivity index (χ4v) is 3.49. The quantitative estimate of drug-likeness (QED) is 0.668. The first-order valence-electron chi connectivity index (χ1n) is 9.55. The molecule has 0 radical (unpaired) electrons. The van der Waals surface area contributed by atoms with Crippen LogP contribution in [0.5, 0.6) is 0 Å². The number of hydrogen-bond donors (Lipinski definition) is 0. The van der Waals surface area contributed by atoms with Crippen molar-refractivity contribution in [2.75, 3.05) is 13.1 Å². The molecule has 4 rings (SSSR count). The minimum Gasteiger partial charge on any atom is -0.296 e. The number of benzene rings is 2. The smallest absolute Gasteiger partial charge is 0.282 e. The summed E-state index contributed by atoms with van der Waals surface area (Å²) in [5, 5.41) is 5.11. The Balaban J connectivity index is 1.75. The van der Waals surface area contributed by atoms with Gasteiger partial charge in [0.2, 0.25) is 0 Å². The van der Waals surface area contributed by atoms with Crippen LogP contribution in [-0.2, 0) is 6.54 Å². The highest BCUT2D eigenvalue weighted by Crippen LogP contribution is 2.14. The van der Waals surface area contributed by atoms with Gasteiger partial charge in [-0.3, -0.25) is 9.69 Å². The fraction of sp³-hybridized carbons (Fsp3) is 0.318. The van der Waals surface area contributed by atoms with Crippen molar-refractivity contribution in [2.24, 2.45) is 5.10 Å². The molecule has 5 nitrogen and oxygen atoms in total. The fourth-order valence-electron chi connectivity index (χ4n) is 3.49. The molecular formula is C22H24N4O. The van der Waals surface area contributed by atoms with Crippen molar-refractivity contribution < 1.29 is 0 Å². The lowest BCUT2D eigenvalue weighted by molar-refractivity contribution is 0.213. The number of piperidine rings is 1. The van der Waals surface area contributed by atoms with Gasteiger partial charge in [-0.1, -0.05) is 48.4 Å². The van der Waals surface area contributed by atoms with E-state index < -0.39 is 0 Å². The largest absolute Gasteiger partial charge is 0.296 e. The molecule has 0 bridgehead atoms. The van der Waals surface area contributed by atoms with Gasteiger partial charge in [0, 0.05) is 0 Å². The van der Waals surface area contributed by atoms with Gasteiger partial charge >= 0.3 is 0 Å². The van der Waals surface area contributed by atoms with Gasteiger partial charge in [-0.15, -0.1) is 0 Å². The molecule has 1 aliphatic rings. The van der Waals surface area contributed by atoms with Gasteiger partial charge in [-0.05, 0) is 50.6 Å². The first kappa shape index (κ1) is 17.6. The molecule has 2 aromatic carbocycles. The summed E-state index contributed by atoms with van der Waals surface area (Å²) in [6.45, 7) is 4.79. The Kier molecular flexibility index (Phi) is 5.12. The van der Waals surface area contributed by atoms with Crippen LogP contribution in [0.4, 0.5) is 0 Å². The van der Waals surface area contributed by atoms with E-state index in [0.29, 0.717) is 17.8 Å². The zero-order valence-electron chi connectivity index (χ0n) is 15.6. The average molecular weight is 360 g/mol. The van der Waals surface area contributed by atoms with Gasteiger partial charge in [0.25, 0.3) is 5.56 Å². The summed E-state index contributed by atoms with van der Waals surface area (Å²) in [7, 11) is 0. The molecule has 0 N–H and O–H groups in total. The SMILES string of the molecule is Cc1ccc(/C=N/n2c(CN3CCCCC3)nc3ccccc3c2=O)cc1. The number of hydrogen-bond acceptors (Lipinski definition) is 4. The number of rotatable bonds is 4. The molecule has 0 saturated carbocycles. The third-order valence-corrected chi connectivity index (χ3v) is 5.03. The number of para-hydroxylation sites is 1. The van der Waals surface area contributed by atoms with E-state index in [0.717, 1.165) is 24.2 Å². The average Bonchev–Trinajstić information content (AvgIpc) is 2.70. The zero-order valence-corrected chi connectivity index (χ0v) is 15.6. The van der Waals surface area contributed by atoms with E-state index in [-0.39, 0.29) is 5.56 Å². The maximum Gasteiger partial charge on any atom is 0.282 e. The van der Waals surface area contributed by atoms with Gasteiger partial charge in [0.15, 0.2) is 0 Å². The minimum absolute atomic E-state index is 0.115. The van der Waals surface area contributed by atoms with Crippen molar-refractivity contribution in [3.63, 3.8) is 0 Å². The molecule has 1 fully saturated rings. The van der Waals surface area contributed by atoms with E-state index in [1.807, 2.05) is 48.5 Å². The summed E-state index contributed by atoms with van der Waals surface area (Å²) in [6, 6.07) is 15.6. The Bertz CT molecular complexity index is 1010. The van der Waals surface area contributed by atoms with Crippen molar-refractivity contribution in [1.82, 2.24) is 14.6 Å². The monoisotopic (exact) mass is 360 g/mol. The van der Waals surface area contributed by atoms with Gasteiger partial charge in [0.05, 0.1) is 23.7 Å². The van der Waals surface area contributed by atoms with Crippen LogP contribution in [0, 0.1) is 6.92 Å². The van der Waals surface area contributed by atoms with Crippen LogP contribution in [0.25, 0.3) is 10.9 Å². The van der Waals surface area contributed by atoms with Crippen LogP contribution in [0.1, 0.15) is 36.2 Å². The standard InChI is InChI=1S/C22H24N4O/c1-17-9-11-18(12-10-17)15-23-26-21(16-25-13-5-2-6-14-25)24-20-8-4-3-7-19(20)22(26)27/h3-4,7-12,15H,2,5-6,13-14,16H2,1H3/b23-15+. The normalized spacial score (nSPS) is 15.6. The predicted octanol–water partition coefficient (Wildman–Crippen LogP) is 3.57. The molecule has 0 spiro atoms. The number of nitrogens with zero attached hydrogens (tertiary/aromatic N) is 4. The Morgan fingerprint density at radius 1 is 1.04 bits per heavy atom. The molecule has 0 amide bonds. The number of likely N-dealkylation sites (tertiary alicyclic amines) is 1. The summed E-state index contributed by atoms with van der Waals surface area (Å²) >= 11 is 0. The molecule has 3 aromatic rings. The van der Waals surface area contributed by atoms with Crippen LogP contribution < -0.4 is 5.56 Å².